The lowest BCUT2D eigenvalue weighted by Crippen LogP contribution is -2.48. The van der Waals surface area contributed by atoms with Gasteiger partial charge in [-0.25, -0.2) is 0 Å². The molecule has 1 fully saturated rings. The SMILES string of the molecule is Cc1oncc1CN1CCN(C(=O)Cc2c[nH]c3ccccc23)CC1. The Morgan fingerprint density at radius 1 is 1.20 bits per heavy atom. The van der Waals surface area contributed by atoms with Gasteiger partial charge in [-0.3, -0.25) is 9.69 Å². The number of aromatic amines is 1. The van der Waals surface area contributed by atoms with E-state index < -0.39 is 0 Å². The largest absolute Gasteiger partial charge is 0.361 e. The van der Waals surface area contributed by atoms with Crippen molar-refractivity contribution in [2.24, 2.45) is 0 Å². The van der Waals surface area contributed by atoms with Gasteiger partial charge in [0.2, 0.25) is 5.91 Å². The number of para-hydroxylation sites is 1. The Kier molecular flexibility index (Phi) is 4.28. The summed E-state index contributed by atoms with van der Waals surface area (Å²) in [5, 5.41) is 4.96. The summed E-state index contributed by atoms with van der Waals surface area (Å²) < 4.78 is 5.12. The molecule has 25 heavy (non-hydrogen) atoms. The van der Waals surface area contributed by atoms with Crippen LogP contribution >= 0.6 is 0 Å². The summed E-state index contributed by atoms with van der Waals surface area (Å²) in [6.45, 7) is 6.06. The van der Waals surface area contributed by atoms with Crippen LogP contribution in [0.1, 0.15) is 16.9 Å². The topological polar surface area (TPSA) is 65.4 Å². The van der Waals surface area contributed by atoms with Crippen molar-refractivity contribution in [1.29, 1.82) is 0 Å². The van der Waals surface area contributed by atoms with Gasteiger partial charge in [0.1, 0.15) is 5.76 Å². The molecule has 130 valence electrons. The highest BCUT2D eigenvalue weighted by atomic mass is 16.5. The molecule has 1 amide bonds. The van der Waals surface area contributed by atoms with Crippen molar-refractivity contribution >= 4 is 16.8 Å². The van der Waals surface area contributed by atoms with Crippen LogP contribution in [-0.4, -0.2) is 52.0 Å². The number of benzene rings is 1. The molecular formula is C19H22N4O2. The number of aromatic nitrogens is 2. The summed E-state index contributed by atoms with van der Waals surface area (Å²) in [6, 6.07) is 8.11. The lowest BCUT2D eigenvalue weighted by molar-refractivity contribution is -0.132. The van der Waals surface area contributed by atoms with Gasteiger partial charge in [0.25, 0.3) is 0 Å². The van der Waals surface area contributed by atoms with Gasteiger partial charge in [0.15, 0.2) is 0 Å². The Hall–Kier alpha value is -2.60. The summed E-state index contributed by atoms with van der Waals surface area (Å²) in [5.74, 6) is 1.07. The normalized spacial score (nSPS) is 15.8. The Labute approximate surface area is 146 Å². The number of carbonyl (C=O) groups excluding carboxylic acids is 1. The highest BCUT2D eigenvalue weighted by molar-refractivity contribution is 5.88. The van der Waals surface area contributed by atoms with Crippen molar-refractivity contribution in [3.8, 4) is 0 Å². The van der Waals surface area contributed by atoms with Crippen LogP contribution in [0.2, 0.25) is 0 Å². The number of piperazine rings is 1. The maximum absolute atomic E-state index is 12.7. The fourth-order valence-electron chi connectivity index (χ4n) is 3.42. The Morgan fingerprint density at radius 2 is 2.00 bits per heavy atom. The minimum Gasteiger partial charge on any atom is -0.361 e. The Balaban J connectivity index is 1.34. The van der Waals surface area contributed by atoms with Gasteiger partial charge in [-0.15, -0.1) is 0 Å². The van der Waals surface area contributed by atoms with Crippen molar-refractivity contribution in [3.63, 3.8) is 0 Å². The van der Waals surface area contributed by atoms with Crippen LogP contribution in [0.25, 0.3) is 10.9 Å². The number of amides is 1. The van der Waals surface area contributed by atoms with Crippen LogP contribution in [-0.2, 0) is 17.8 Å². The first-order valence-corrected chi connectivity index (χ1v) is 8.66. The molecule has 0 saturated carbocycles. The molecule has 1 saturated heterocycles. The summed E-state index contributed by atoms with van der Waals surface area (Å²) >= 11 is 0. The lowest BCUT2D eigenvalue weighted by Gasteiger charge is -2.34. The number of carbonyl (C=O) groups is 1. The fourth-order valence-corrected chi connectivity index (χ4v) is 3.42. The second-order valence-corrected chi connectivity index (χ2v) is 6.60. The van der Waals surface area contributed by atoms with Gasteiger partial charge in [0.05, 0.1) is 12.6 Å². The molecule has 0 atom stereocenters. The number of aryl methyl sites for hydroxylation is 1. The van der Waals surface area contributed by atoms with Crippen LogP contribution in [0.4, 0.5) is 0 Å². The second-order valence-electron chi connectivity index (χ2n) is 6.60. The van der Waals surface area contributed by atoms with Gasteiger partial charge in [-0.05, 0) is 18.6 Å². The predicted octanol–water partition coefficient (Wildman–Crippen LogP) is 2.35. The zero-order valence-electron chi connectivity index (χ0n) is 14.4. The van der Waals surface area contributed by atoms with Gasteiger partial charge < -0.3 is 14.4 Å². The van der Waals surface area contributed by atoms with Crippen LogP contribution < -0.4 is 0 Å². The fraction of sp³-hybridized carbons (Fsp3) is 0.368. The third-order valence-corrected chi connectivity index (χ3v) is 4.99. The molecule has 3 heterocycles. The lowest BCUT2D eigenvalue weighted by atomic mass is 10.1. The van der Waals surface area contributed by atoms with E-state index >= 15 is 0 Å². The number of hydrogen-bond acceptors (Lipinski definition) is 4. The minimum absolute atomic E-state index is 0.200. The molecule has 0 unspecified atom stereocenters. The van der Waals surface area contributed by atoms with E-state index in [1.807, 2.05) is 36.2 Å². The maximum atomic E-state index is 12.7. The first-order valence-electron chi connectivity index (χ1n) is 8.66. The molecule has 2 aromatic heterocycles. The summed E-state index contributed by atoms with van der Waals surface area (Å²) in [5.41, 5.74) is 3.28. The van der Waals surface area contributed by atoms with E-state index in [1.54, 1.807) is 6.20 Å². The second kappa shape index (κ2) is 6.72. The molecule has 4 rings (SSSR count). The quantitative estimate of drug-likeness (QED) is 0.793. The third kappa shape index (κ3) is 3.30. The Bertz CT molecular complexity index is 874. The van der Waals surface area contributed by atoms with E-state index in [1.165, 1.54) is 0 Å². The Morgan fingerprint density at radius 3 is 2.76 bits per heavy atom. The van der Waals surface area contributed by atoms with Crippen LogP contribution in [0.3, 0.4) is 0 Å². The molecule has 0 radical (unpaired) electrons. The highest BCUT2D eigenvalue weighted by Crippen LogP contribution is 2.19. The molecule has 0 spiro atoms. The van der Waals surface area contributed by atoms with Crippen LogP contribution in [0.15, 0.2) is 41.2 Å². The first kappa shape index (κ1) is 15.9. The standard InChI is InChI=1S/C19H22N4O2/c1-14-16(12-21-25-14)13-22-6-8-23(9-7-22)19(24)10-15-11-20-18-5-3-2-4-17(15)18/h2-5,11-12,20H,6-10,13H2,1H3. The molecule has 1 aliphatic heterocycles. The summed E-state index contributed by atoms with van der Waals surface area (Å²) in [6.07, 6.45) is 4.19. The number of rotatable bonds is 4. The van der Waals surface area contributed by atoms with E-state index in [4.69, 9.17) is 4.52 Å². The third-order valence-electron chi connectivity index (χ3n) is 4.99. The van der Waals surface area contributed by atoms with E-state index in [9.17, 15) is 4.79 Å². The monoisotopic (exact) mass is 338 g/mol. The molecule has 6 nitrogen and oxygen atoms in total. The molecule has 3 aromatic rings. The average molecular weight is 338 g/mol. The van der Waals surface area contributed by atoms with E-state index in [2.05, 4.69) is 21.1 Å². The van der Waals surface area contributed by atoms with Crippen molar-refractivity contribution in [1.82, 2.24) is 19.9 Å². The van der Waals surface area contributed by atoms with E-state index in [0.29, 0.717) is 6.42 Å². The molecule has 6 heteroatoms. The molecule has 1 aliphatic rings. The van der Waals surface area contributed by atoms with Gasteiger partial charge in [-0.2, -0.15) is 0 Å². The summed E-state index contributed by atoms with van der Waals surface area (Å²) in [7, 11) is 0. The molecule has 0 aliphatic carbocycles. The number of nitrogens with zero attached hydrogens (tertiary/aromatic N) is 3. The summed E-state index contributed by atoms with van der Waals surface area (Å²) in [4.78, 5) is 20.2. The number of nitrogens with one attached hydrogen (secondary N) is 1. The molecule has 1 aromatic carbocycles. The molecule has 1 N–H and O–H groups in total. The van der Waals surface area contributed by atoms with Crippen molar-refractivity contribution in [3.05, 3.63) is 53.5 Å². The van der Waals surface area contributed by atoms with Crippen molar-refractivity contribution in [2.45, 2.75) is 19.9 Å². The number of fused-ring (bicyclic) bond motifs is 1. The van der Waals surface area contributed by atoms with Crippen molar-refractivity contribution < 1.29 is 9.32 Å². The maximum Gasteiger partial charge on any atom is 0.227 e. The molecular weight excluding hydrogens is 316 g/mol. The van der Waals surface area contributed by atoms with E-state index in [0.717, 1.165) is 60.5 Å². The first-order chi connectivity index (χ1) is 12.2. The minimum atomic E-state index is 0.200. The number of hydrogen-bond donors (Lipinski definition) is 1. The smallest absolute Gasteiger partial charge is 0.227 e. The van der Waals surface area contributed by atoms with Gasteiger partial charge in [0, 0.05) is 55.4 Å². The average Bonchev–Trinajstić information content (AvgIpc) is 3.22. The van der Waals surface area contributed by atoms with Crippen molar-refractivity contribution in [2.75, 3.05) is 26.2 Å². The zero-order valence-corrected chi connectivity index (χ0v) is 14.4. The van der Waals surface area contributed by atoms with E-state index in [-0.39, 0.29) is 5.91 Å². The predicted molar refractivity (Wildman–Crippen MR) is 95.1 cm³/mol. The zero-order chi connectivity index (χ0) is 17.2. The highest BCUT2D eigenvalue weighted by Gasteiger charge is 2.22. The van der Waals surface area contributed by atoms with Gasteiger partial charge in [-0.1, -0.05) is 23.4 Å². The van der Waals surface area contributed by atoms with Crippen LogP contribution in [0, 0.1) is 6.92 Å². The van der Waals surface area contributed by atoms with Crippen LogP contribution in [0.5, 0.6) is 0 Å². The van der Waals surface area contributed by atoms with Gasteiger partial charge >= 0.3 is 0 Å². The molecule has 0 bridgehead atoms. The number of H-pyrrole nitrogens is 1.